The summed E-state index contributed by atoms with van der Waals surface area (Å²) in [5.41, 5.74) is 3.67. The third-order valence-electron chi connectivity index (χ3n) is 6.74. The molecule has 2 bridgehead atoms. The van der Waals surface area contributed by atoms with Gasteiger partial charge in [-0.1, -0.05) is 11.6 Å². The fourth-order valence-corrected chi connectivity index (χ4v) is 6.42. The summed E-state index contributed by atoms with van der Waals surface area (Å²) in [6.07, 6.45) is 6.86. The van der Waals surface area contributed by atoms with Gasteiger partial charge in [0, 0.05) is 51.0 Å². The van der Waals surface area contributed by atoms with Crippen LogP contribution in [0.15, 0.2) is 42.6 Å². The second kappa shape index (κ2) is 8.39. The summed E-state index contributed by atoms with van der Waals surface area (Å²) >= 11 is 12.1. The van der Waals surface area contributed by atoms with Crippen LogP contribution in [-0.4, -0.2) is 45.5 Å². The molecule has 1 heterocycles. The number of benzene rings is 2. The molecule has 3 aromatic rings. The average Bonchev–Trinajstić information content (AvgIpc) is 3.15. The van der Waals surface area contributed by atoms with E-state index < -0.39 is 9.71 Å². The monoisotopic (exact) mass is 516 g/mol. The zero-order valence-electron chi connectivity index (χ0n) is 18.9. The lowest BCUT2D eigenvalue weighted by atomic mass is 9.39. The van der Waals surface area contributed by atoms with Crippen molar-refractivity contribution in [1.82, 2.24) is 9.29 Å². The Balaban J connectivity index is 1.33. The van der Waals surface area contributed by atoms with Crippen LogP contribution in [0.3, 0.4) is 0 Å². The molecule has 1 aromatic heterocycles. The first-order valence-corrected chi connectivity index (χ1v) is 14.1. The van der Waals surface area contributed by atoms with Gasteiger partial charge in [-0.2, -0.15) is 5.26 Å². The van der Waals surface area contributed by atoms with Crippen LogP contribution in [0.25, 0.3) is 16.6 Å². The van der Waals surface area contributed by atoms with Crippen molar-refractivity contribution in [2.24, 2.45) is 5.41 Å². The molecule has 0 spiro atoms. The summed E-state index contributed by atoms with van der Waals surface area (Å²) < 4.78 is 22.5. The number of halogens is 2. The second-order valence-corrected chi connectivity index (χ2v) is 12.8. The Hall–Kier alpha value is -2.37. The van der Waals surface area contributed by atoms with Crippen LogP contribution in [-0.2, 0) is 9.71 Å². The fourth-order valence-electron chi connectivity index (χ4n) is 5.46. The summed E-state index contributed by atoms with van der Waals surface area (Å²) in [6, 6.07) is 14.1. The number of nitrogens with one attached hydrogen (secondary N) is 2. The number of anilines is 1. The molecular formula is C25H26Cl2N4O2S. The molecule has 2 N–H and O–H groups in total. The molecule has 0 radical (unpaired) electrons. The Morgan fingerprint density at radius 2 is 2.03 bits per heavy atom. The van der Waals surface area contributed by atoms with Gasteiger partial charge in [-0.05, 0) is 66.9 Å². The highest BCUT2D eigenvalue weighted by atomic mass is 35.5. The first kappa shape index (κ1) is 23.4. The van der Waals surface area contributed by atoms with Crippen LogP contribution in [0.1, 0.15) is 24.8 Å². The highest BCUT2D eigenvalue weighted by Crippen LogP contribution is 2.68. The molecule has 3 aliphatic carbocycles. The first-order chi connectivity index (χ1) is 16.1. The minimum Gasteiger partial charge on any atom is -0.489 e. The third-order valence-corrected chi connectivity index (χ3v) is 7.93. The van der Waals surface area contributed by atoms with E-state index >= 15 is 0 Å². The molecule has 2 aromatic carbocycles. The van der Waals surface area contributed by atoms with Crippen molar-refractivity contribution < 1.29 is 8.95 Å². The van der Waals surface area contributed by atoms with Crippen molar-refractivity contribution in [3.05, 3.63) is 53.2 Å². The lowest BCUT2D eigenvalue weighted by Crippen LogP contribution is -2.73. The SMILES string of the molecule is C=S(C)(=O)NCC12CC(Nc3ccc4c(ccn4-c4cc(Cl)c(OCCCl)c(C#N)c4)c3)(C1)C2. The number of alkyl halides is 1. The summed E-state index contributed by atoms with van der Waals surface area (Å²) in [5, 5.41) is 14.8. The minimum absolute atomic E-state index is 0.141. The molecule has 1 unspecified atom stereocenters. The van der Waals surface area contributed by atoms with Crippen LogP contribution < -0.4 is 14.8 Å². The van der Waals surface area contributed by atoms with Crippen molar-refractivity contribution in [2.45, 2.75) is 24.8 Å². The Bertz CT molecular complexity index is 1400. The van der Waals surface area contributed by atoms with E-state index in [0.29, 0.717) is 22.2 Å². The number of fused-ring (bicyclic) bond motifs is 1. The van der Waals surface area contributed by atoms with Gasteiger partial charge in [-0.25, -0.2) is 4.72 Å². The average molecular weight is 517 g/mol. The van der Waals surface area contributed by atoms with Crippen LogP contribution >= 0.6 is 23.2 Å². The van der Waals surface area contributed by atoms with Crippen LogP contribution in [0.5, 0.6) is 5.75 Å². The number of nitrogens with zero attached hydrogens (tertiary/aromatic N) is 2. The number of hydrogen-bond acceptors (Lipinski definition) is 4. The van der Waals surface area contributed by atoms with E-state index in [4.69, 9.17) is 27.9 Å². The largest absolute Gasteiger partial charge is 0.489 e. The maximum Gasteiger partial charge on any atom is 0.155 e. The maximum atomic E-state index is 11.8. The van der Waals surface area contributed by atoms with Gasteiger partial charge in [-0.15, -0.1) is 11.6 Å². The van der Waals surface area contributed by atoms with Gasteiger partial charge in [0.05, 0.1) is 22.0 Å². The Morgan fingerprint density at radius 3 is 2.71 bits per heavy atom. The molecule has 0 saturated heterocycles. The highest BCUT2D eigenvalue weighted by Gasteiger charge is 2.67. The quantitative estimate of drug-likeness (QED) is 0.311. The van der Waals surface area contributed by atoms with E-state index in [0.717, 1.165) is 48.1 Å². The van der Waals surface area contributed by atoms with Crippen molar-refractivity contribution in [1.29, 1.82) is 5.26 Å². The molecular weight excluding hydrogens is 491 g/mol. The Morgan fingerprint density at radius 1 is 1.26 bits per heavy atom. The van der Waals surface area contributed by atoms with Gasteiger partial charge in [0.25, 0.3) is 0 Å². The zero-order valence-corrected chi connectivity index (χ0v) is 21.2. The maximum absolute atomic E-state index is 11.8. The number of nitriles is 1. The van der Waals surface area contributed by atoms with Crippen molar-refractivity contribution in [3.63, 3.8) is 0 Å². The number of hydrogen-bond donors (Lipinski definition) is 2. The van der Waals surface area contributed by atoms with Gasteiger partial charge >= 0.3 is 0 Å². The highest BCUT2D eigenvalue weighted by molar-refractivity contribution is 7.97. The van der Waals surface area contributed by atoms with Crippen LogP contribution in [0, 0.1) is 16.7 Å². The standard InChI is InChI=1S/C25H26Cl2N4O2S/c1-34(2,32)29-16-24-13-25(14-24,15-24)30-19-3-4-22-17(9-19)5-7-31(22)20-10-18(12-28)23(21(27)11-20)33-8-6-26/h3-5,7,9-11,30H,1,6,8,13-16H2,2H3,(H,29,32). The predicted molar refractivity (Wildman–Crippen MR) is 141 cm³/mol. The molecule has 3 saturated carbocycles. The summed E-state index contributed by atoms with van der Waals surface area (Å²) in [6.45, 7) is 1.05. The molecule has 6 nitrogen and oxygen atoms in total. The molecule has 34 heavy (non-hydrogen) atoms. The Kier molecular flexibility index (Phi) is 5.77. The van der Waals surface area contributed by atoms with Gasteiger partial charge in [-0.3, -0.25) is 4.21 Å². The van der Waals surface area contributed by atoms with E-state index in [1.54, 1.807) is 18.4 Å². The van der Waals surface area contributed by atoms with Gasteiger partial charge in [0.15, 0.2) is 5.75 Å². The second-order valence-electron chi connectivity index (χ2n) is 9.67. The smallest absolute Gasteiger partial charge is 0.155 e. The number of ether oxygens (including phenoxy) is 1. The molecule has 3 aliphatic rings. The summed E-state index contributed by atoms with van der Waals surface area (Å²) in [5.74, 6) is 4.36. The summed E-state index contributed by atoms with van der Waals surface area (Å²) in [4.78, 5) is 0. The van der Waals surface area contributed by atoms with E-state index in [2.05, 4.69) is 46.2 Å². The van der Waals surface area contributed by atoms with Crippen LogP contribution in [0.2, 0.25) is 5.02 Å². The van der Waals surface area contributed by atoms with E-state index in [1.165, 1.54) is 0 Å². The molecule has 6 rings (SSSR count). The zero-order chi connectivity index (χ0) is 24.1. The third kappa shape index (κ3) is 4.25. The minimum atomic E-state index is -2.16. The molecule has 1 atom stereocenters. The predicted octanol–water partition coefficient (Wildman–Crippen LogP) is 4.96. The number of rotatable bonds is 9. The number of aromatic nitrogens is 1. The van der Waals surface area contributed by atoms with Crippen LogP contribution in [0.4, 0.5) is 5.69 Å². The lowest BCUT2D eigenvalue weighted by molar-refractivity contribution is -0.110. The van der Waals surface area contributed by atoms with Gasteiger partial charge < -0.3 is 14.6 Å². The fraction of sp³-hybridized carbons (Fsp3) is 0.360. The normalized spacial score (nSPS) is 24.5. The first-order valence-electron chi connectivity index (χ1n) is 11.0. The van der Waals surface area contributed by atoms with E-state index in [9.17, 15) is 9.47 Å². The molecule has 0 aliphatic heterocycles. The van der Waals surface area contributed by atoms with E-state index in [-0.39, 0.29) is 17.6 Å². The molecule has 0 amide bonds. The van der Waals surface area contributed by atoms with E-state index in [1.807, 2.05) is 10.8 Å². The topological polar surface area (TPSA) is 79.1 Å². The molecule has 178 valence electrons. The summed E-state index contributed by atoms with van der Waals surface area (Å²) in [7, 11) is -2.16. The van der Waals surface area contributed by atoms with Crippen molar-refractivity contribution >= 4 is 55.4 Å². The lowest BCUT2D eigenvalue weighted by Gasteiger charge is -2.71. The van der Waals surface area contributed by atoms with Gasteiger partial charge in [0.2, 0.25) is 0 Å². The molecule has 9 heteroatoms. The van der Waals surface area contributed by atoms with Crippen molar-refractivity contribution in [3.8, 4) is 17.5 Å². The Labute approximate surface area is 209 Å². The molecule has 3 fully saturated rings. The van der Waals surface area contributed by atoms with Crippen molar-refractivity contribution in [2.75, 3.05) is 30.6 Å². The van der Waals surface area contributed by atoms with Gasteiger partial charge in [0.1, 0.15) is 12.7 Å².